The van der Waals surface area contributed by atoms with Crippen LogP contribution in [0.25, 0.3) is 152 Å². The molecular formula is C70H42. The molecular weight excluding hydrogens is 841 g/mol. The van der Waals surface area contributed by atoms with Crippen LogP contribution in [0.15, 0.2) is 255 Å². The molecule has 0 saturated carbocycles. The summed E-state index contributed by atoms with van der Waals surface area (Å²) >= 11 is 0. The molecule has 0 nitrogen and oxygen atoms in total. The third-order valence-corrected chi connectivity index (χ3v) is 15.4. The zero-order chi connectivity index (χ0) is 45.9. The first-order valence-electron chi connectivity index (χ1n) is 24.4. The molecule has 15 aromatic carbocycles. The van der Waals surface area contributed by atoms with Gasteiger partial charge in [-0.3, -0.25) is 0 Å². The highest BCUT2D eigenvalue weighted by atomic mass is 14.3. The molecule has 0 bridgehead atoms. The lowest BCUT2D eigenvalue weighted by atomic mass is 9.80. The SMILES string of the molecule is c1ccc(-c2ccc3c(-c4cc5c6ccccc6c6ccccc6c5c5ccccc45)c4cc(-c5ccccc5)ccc4c(-c4cc5c6ccccc6c6ccccc6c5c5ccccc45)c3c2)cc1. The zero-order valence-electron chi connectivity index (χ0n) is 38.2. The minimum Gasteiger partial charge on any atom is -0.0622 e. The first-order chi connectivity index (χ1) is 34.8. The van der Waals surface area contributed by atoms with Gasteiger partial charge in [0.2, 0.25) is 0 Å². The van der Waals surface area contributed by atoms with Crippen LogP contribution < -0.4 is 0 Å². The number of hydrogen-bond donors (Lipinski definition) is 0. The summed E-state index contributed by atoms with van der Waals surface area (Å²) in [5, 5.41) is 25.3. The lowest BCUT2D eigenvalue weighted by Crippen LogP contribution is -1.95. The molecule has 0 atom stereocenters. The Morgan fingerprint density at radius 2 is 0.414 bits per heavy atom. The van der Waals surface area contributed by atoms with Crippen molar-refractivity contribution in [3.8, 4) is 44.5 Å². The van der Waals surface area contributed by atoms with Crippen LogP contribution in [0.3, 0.4) is 0 Å². The van der Waals surface area contributed by atoms with Crippen molar-refractivity contribution in [2.45, 2.75) is 0 Å². The number of fused-ring (bicyclic) bond motifs is 18. The van der Waals surface area contributed by atoms with Crippen LogP contribution in [0.4, 0.5) is 0 Å². The van der Waals surface area contributed by atoms with E-state index in [4.69, 9.17) is 0 Å². The van der Waals surface area contributed by atoms with Crippen LogP contribution in [0.1, 0.15) is 0 Å². The van der Waals surface area contributed by atoms with E-state index in [-0.39, 0.29) is 0 Å². The average molecular weight is 883 g/mol. The summed E-state index contributed by atoms with van der Waals surface area (Å²) in [6.07, 6.45) is 0. The van der Waals surface area contributed by atoms with Crippen molar-refractivity contribution in [1.29, 1.82) is 0 Å². The molecule has 0 heteroatoms. The third kappa shape index (κ3) is 5.65. The average Bonchev–Trinajstić information content (AvgIpc) is 3.44. The molecule has 0 heterocycles. The topological polar surface area (TPSA) is 0 Å². The van der Waals surface area contributed by atoms with E-state index in [0.717, 1.165) is 0 Å². The van der Waals surface area contributed by atoms with Gasteiger partial charge in [0, 0.05) is 0 Å². The predicted octanol–water partition coefficient (Wildman–Crippen LogP) is 19.9. The Hall–Kier alpha value is -9.10. The van der Waals surface area contributed by atoms with Gasteiger partial charge in [-0.15, -0.1) is 0 Å². The normalized spacial score (nSPS) is 12.0. The molecule has 15 rings (SSSR count). The van der Waals surface area contributed by atoms with Crippen molar-refractivity contribution in [1.82, 2.24) is 0 Å². The summed E-state index contributed by atoms with van der Waals surface area (Å²) in [5.74, 6) is 0. The largest absolute Gasteiger partial charge is 0.0622 e. The molecule has 0 aliphatic carbocycles. The first-order valence-corrected chi connectivity index (χ1v) is 24.4. The molecule has 322 valence electrons. The van der Waals surface area contributed by atoms with E-state index in [9.17, 15) is 0 Å². The maximum Gasteiger partial charge on any atom is -0.00197 e. The van der Waals surface area contributed by atoms with E-state index < -0.39 is 0 Å². The molecule has 15 aromatic rings. The lowest BCUT2D eigenvalue weighted by Gasteiger charge is -2.23. The molecule has 0 spiro atoms. The van der Waals surface area contributed by atoms with Crippen LogP contribution in [-0.2, 0) is 0 Å². The highest BCUT2D eigenvalue weighted by molar-refractivity contribution is 6.37. The second-order valence-corrected chi connectivity index (χ2v) is 19.0. The summed E-state index contributed by atoms with van der Waals surface area (Å²) in [5.41, 5.74) is 9.78. The van der Waals surface area contributed by atoms with Crippen LogP contribution in [0.5, 0.6) is 0 Å². The van der Waals surface area contributed by atoms with Crippen molar-refractivity contribution >= 4 is 108 Å². The second-order valence-electron chi connectivity index (χ2n) is 19.0. The summed E-state index contributed by atoms with van der Waals surface area (Å²) in [7, 11) is 0. The van der Waals surface area contributed by atoms with Crippen LogP contribution in [-0.4, -0.2) is 0 Å². The van der Waals surface area contributed by atoms with E-state index in [1.54, 1.807) is 0 Å². The Labute approximate surface area is 404 Å². The number of rotatable bonds is 4. The Bertz CT molecular complexity index is 4380. The smallest absolute Gasteiger partial charge is 0.00197 e. The monoisotopic (exact) mass is 882 g/mol. The molecule has 0 fully saturated rings. The molecule has 0 unspecified atom stereocenters. The Morgan fingerprint density at radius 1 is 0.143 bits per heavy atom. The van der Waals surface area contributed by atoms with Gasteiger partial charge in [0.1, 0.15) is 0 Å². The van der Waals surface area contributed by atoms with Gasteiger partial charge in [-0.1, -0.05) is 231 Å². The van der Waals surface area contributed by atoms with Crippen LogP contribution in [0.2, 0.25) is 0 Å². The summed E-state index contributed by atoms with van der Waals surface area (Å²) in [4.78, 5) is 0. The van der Waals surface area contributed by atoms with Crippen molar-refractivity contribution in [3.05, 3.63) is 255 Å². The molecule has 0 amide bonds. The van der Waals surface area contributed by atoms with Gasteiger partial charge in [0.05, 0.1) is 0 Å². The maximum atomic E-state index is 2.53. The molecule has 0 aliphatic rings. The van der Waals surface area contributed by atoms with Crippen molar-refractivity contribution in [2.75, 3.05) is 0 Å². The van der Waals surface area contributed by atoms with E-state index >= 15 is 0 Å². The van der Waals surface area contributed by atoms with Gasteiger partial charge in [-0.2, -0.15) is 0 Å². The Kier molecular flexibility index (Phi) is 8.46. The molecule has 0 aliphatic heterocycles. The third-order valence-electron chi connectivity index (χ3n) is 15.4. The fourth-order valence-electron chi connectivity index (χ4n) is 12.4. The Morgan fingerprint density at radius 3 is 0.771 bits per heavy atom. The van der Waals surface area contributed by atoms with Gasteiger partial charge in [-0.05, 0) is 176 Å². The number of hydrogen-bond acceptors (Lipinski definition) is 0. The van der Waals surface area contributed by atoms with Gasteiger partial charge in [0.15, 0.2) is 0 Å². The molecule has 0 aromatic heterocycles. The van der Waals surface area contributed by atoms with Crippen molar-refractivity contribution in [2.24, 2.45) is 0 Å². The standard InChI is InChI=1S/C70H42/c1-3-19-43(20-4-1)45-35-37-59-61(39-45)69(65-41-63-51-27-9-7-23-47(51)49-25-11-15-31-55(49)67(63)57-33-17-13-29-53(57)65)60-38-36-46(44-21-5-2-6-22-44)40-62(60)70(59)66-42-64-52-28-10-8-24-48(52)50-26-12-16-32-56(50)68(64)58-34-18-14-30-54(58)66/h1-42H. The van der Waals surface area contributed by atoms with E-state index in [1.807, 2.05) is 0 Å². The van der Waals surface area contributed by atoms with Crippen molar-refractivity contribution < 1.29 is 0 Å². The summed E-state index contributed by atoms with van der Waals surface area (Å²) in [6, 6.07) is 95.5. The summed E-state index contributed by atoms with van der Waals surface area (Å²) < 4.78 is 0. The predicted molar refractivity (Wildman–Crippen MR) is 303 cm³/mol. The van der Waals surface area contributed by atoms with Gasteiger partial charge >= 0.3 is 0 Å². The minimum absolute atomic E-state index is 1.20. The fraction of sp³-hybridized carbons (Fsp3) is 0. The van der Waals surface area contributed by atoms with Crippen molar-refractivity contribution in [3.63, 3.8) is 0 Å². The summed E-state index contributed by atoms with van der Waals surface area (Å²) in [6.45, 7) is 0. The zero-order valence-corrected chi connectivity index (χ0v) is 38.2. The molecule has 0 radical (unpaired) electrons. The lowest BCUT2D eigenvalue weighted by molar-refractivity contribution is 1.63. The van der Waals surface area contributed by atoms with Gasteiger partial charge < -0.3 is 0 Å². The quantitative estimate of drug-likeness (QED) is 0.122. The number of benzene rings is 15. The van der Waals surface area contributed by atoms with Gasteiger partial charge in [-0.25, -0.2) is 0 Å². The van der Waals surface area contributed by atoms with E-state index in [1.165, 1.54) is 152 Å². The van der Waals surface area contributed by atoms with Crippen LogP contribution >= 0.6 is 0 Å². The van der Waals surface area contributed by atoms with Crippen LogP contribution in [0, 0.1) is 0 Å². The highest BCUT2D eigenvalue weighted by Gasteiger charge is 2.24. The second kappa shape index (κ2) is 15.2. The van der Waals surface area contributed by atoms with E-state index in [0.29, 0.717) is 0 Å². The Balaban J connectivity index is 1.17. The fourth-order valence-corrected chi connectivity index (χ4v) is 12.4. The molecule has 0 saturated heterocycles. The minimum atomic E-state index is 1.20. The maximum absolute atomic E-state index is 2.53. The highest BCUT2D eigenvalue weighted by Crippen LogP contribution is 2.52. The van der Waals surface area contributed by atoms with Gasteiger partial charge in [0.25, 0.3) is 0 Å². The molecule has 70 heavy (non-hydrogen) atoms. The van der Waals surface area contributed by atoms with E-state index in [2.05, 4.69) is 255 Å². The molecule has 0 N–H and O–H groups in total. The first kappa shape index (κ1) is 38.9.